The topological polar surface area (TPSA) is 93.5 Å². The predicted molar refractivity (Wildman–Crippen MR) is 85.8 cm³/mol. The average Bonchev–Trinajstić information content (AvgIpc) is 3.22. The number of carbonyl (C=O) groups excluding carboxylic acids is 3. The van der Waals surface area contributed by atoms with Crippen LogP contribution < -0.4 is 5.32 Å². The fourth-order valence-electron chi connectivity index (χ4n) is 2.87. The van der Waals surface area contributed by atoms with E-state index in [4.69, 9.17) is 16.3 Å². The van der Waals surface area contributed by atoms with E-state index in [0.717, 1.165) is 17.5 Å². The second kappa shape index (κ2) is 5.77. The summed E-state index contributed by atoms with van der Waals surface area (Å²) in [5.41, 5.74) is 0.344. The molecule has 9 heteroatoms. The zero-order valence-electron chi connectivity index (χ0n) is 13.8. The highest BCUT2D eigenvalue weighted by molar-refractivity contribution is 6.62. The van der Waals surface area contributed by atoms with E-state index in [0.29, 0.717) is 11.3 Å². The summed E-state index contributed by atoms with van der Waals surface area (Å²) in [6.07, 6.45) is 0.996. The zero-order valence-corrected chi connectivity index (χ0v) is 14.5. The Morgan fingerprint density at radius 3 is 2.58 bits per heavy atom. The lowest BCUT2D eigenvalue weighted by Gasteiger charge is -2.29. The van der Waals surface area contributed by atoms with Crippen LogP contribution in [0, 0.1) is 5.92 Å². The van der Waals surface area contributed by atoms with Crippen molar-refractivity contribution in [2.45, 2.75) is 45.7 Å². The number of nitrogens with zero attached hydrogens (tertiary/aromatic N) is 3. The number of hydrogen-bond donors (Lipinski definition) is 1. The van der Waals surface area contributed by atoms with Gasteiger partial charge >= 0.3 is 11.5 Å². The van der Waals surface area contributed by atoms with Crippen LogP contribution in [0.4, 0.5) is 15.4 Å². The van der Waals surface area contributed by atoms with E-state index in [9.17, 15) is 14.4 Å². The van der Waals surface area contributed by atoms with Gasteiger partial charge in [0.2, 0.25) is 5.91 Å². The summed E-state index contributed by atoms with van der Waals surface area (Å²) in [7, 11) is 0. The van der Waals surface area contributed by atoms with Crippen LogP contribution in [0.5, 0.6) is 0 Å². The van der Waals surface area contributed by atoms with Gasteiger partial charge in [-0.05, 0) is 45.2 Å². The van der Waals surface area contributed by atoms with E-state index >= 15 is 0 Å². The molecule has 1 aliphatic heterocycles. The number of hydrogen-bond acceptors (Lipinski definition) is 5. The smallest absolute Gasteiger partial charge is 0.436 e. The van der Waals surface area contributed by atoms with Crippen LogP contribution in [0.15, 0.2) is 0 Å². The monoisotopic (exact) mass is 354 g/mol. The Morgan fingerprint density at radius 2 is 2.04 bits per heavy atom. The van der Waals surface area contributed by atoms with Crippen molar-refractivity contribution in [2.75, 3.05) is 11.9 Å². The highest BCUT2D eigenvalue weighted by atomic mass is 35.5. The average molecular weight is 355 g/mol. The van der Waals surface area contributed by atoms with Crippen molar-refractivity contribution in [1.29, 1.82) is 0 Å². The summed E-state index contributed by atoms with van der Waals surface area (Å²) in [6.45, 7) is 5.62. The molecule has 130 valence electrons. The third kappa shape index (κ3) is 2.64. The summed E-state index contributed by atoms with van der Waals surface area (Å²) in [6, 6.07) is 0. The van der Waals surface area contributed by atoms with Crippen molar-refractivity contribution in [3.05, 3.63) is 11.3 Å². The molecule has 0 aromatic carbocycles. The fraction of sp³-hybridized carbons (Fsp3) is 0.600. The molecule has 1 aliphatic carbocycles. The minimum atomic E-state index is -0.787. The lowest BCUT2D eigenvalue weighted by Crippen LogP contribution is -2.38. The number of nitrogens with one attached hydrogen (secondary N) is 1. The predicted octanol–water partition coefficient (Wildman–Crippen LogP) is 2.65. The molecule has 1 N–H and O–H groups in total. The first kappa shape index (κ1) is 16.8. The van der Waals surface area contributed by atoms with Gasteiger partial charge in [-0.2, -0.15) is 5.10 Å². The molecule has 2 amide bonds. The van der Waals surface area contributed by atoms with Crippen molar-refractivity contribution in [3.8, 4) is 0 Å². The maximum Gasteiger partial charge on any atom is 0.436 e. The maximum atomic E-state index is 12.2. The van der Waals surface area contributed by atoms with Gasteiger partial charge in [0.15, 0.2) is 0 Å². The first-order chi connectivity index (χ1) is 11.3. The van der Waals surface area contributed by atoms with E-state index in [-0.39, 0.29) is 30.8 Å². The lowest BCUT2D eigenvalue weighted by molar-refractivity contribution is -0.117. The largest absolute Gasteiger partial charge is 0.448 e. The first-order valence-corrected chi connectivity index (χ1v) is 8.22. The second-order valence-electron chi connectivity index (χ2n) is 6.45. The van der Waals surface area contributed by atoms with E-state index in [1.807, 2.05) is 0 Å². The number of fused-ring (bicyclic) bond motifs is 1. The van der Waals surface area contributed by atoms with E-state index < -0.39 is 17.0 Å². The molecular formula is C15H19ClN4O4. The van der Waals surface area contributed by atoms with Crippen molar-refractivity contribution in [3.63, 3.8) is 0 Å². The van der Waals surface area contributed by atoms with Crippen LogP contribution in [0.25, 0.3) is 0 Å². The Kier molecular flexibility index (Phi) is 4.03. The normalized spacial score (nSPS) is 18.2. The number of aromatic nitrogens is 2. The molecule has 8 nitrogen and oxygen atoms in total. The van der Waals surface area contributed by atoms with E-state index in [1.54, 1.807) is 20.8 Å². The van der Waals surface area contributed by atoms with Crippen LogP contribution in [0.1, 0.15) is 44.9 Å². The van der Waals surface area contributed by atoms with Gasteiger partial charge in [0.25, 0.3) is 0 Å². The summed E-state index contributed by atoms with van der Waals surface area (Å²) in [5, 5.41) is 6.46. The summed E-state index contributed by atoms with van der Waals surface area (Å²) in [5.74, 6) is 0.0666. The van der Waals surface area contributed by atoms with Crippen molar-refractivity contribution >= 4 is 34.8 Å². The molecule has 0 saturated heterocycles. The Labute approximate surface area is 144 Å². The second-order valence-corrected chi connectivity index (χ2v) is 6.77. The van der Waals surface area contributed by atoms with Gasteiger partial charge in [-0.3, -0.25) is 9.59 Å². The molecule has 1 aromatic heterocycles. The highest BCUT2D eigenvalue weighted by Crippen LogP contribution is 2.42. The van der Waals surface area contributed by atoms with Crippen LogP contribution in [-0.2, 0) is 21.6 Å². The minimum absolute atomic E-state index is 0.0358. The number of anilines is 1. The van der Waals surface area contributed by atoms with Crippen LogP contribution in [-0.4, -0.2) is 38.7 Å². The third-order valence-electron chi connectivity index (χ3n) is 4.40. The quantitative estimate of drug-likeness (QED) is 0.665. The van der Waals surface area contributed by atoms with Crippen molar-refractivity contribution < 1.29 is 19.1 Å². The van der Waals surface area contributed by atoms with Crippen molar-refractivity contribution in [1.82, 2.24) is 14.7 Å². The number of halogens is 1. The van der Waals surface area contributed by atoms with Crippen LogP contribution >= 0.6 is 11.6 Å². The minimum Gasteiger partial charge on any atom is -0.448 e. The molecule has 0 radical (unpaired) electrons. The summed E-state index contributed by atoms with van der Waals surface area (Å²) < 4.78 is 6.07. The maximum absolute atomic E-state index is 12.2. The van der Waals surface area contributed by atoms with Gasteiger partial charge in [-0.1, -0.05) is 0 Å². The van der Waals surface area contributed by atoms with E-state index in [1.165, 1.54) is 4.90 Å². The van der Waals surface area contributed by atoms with Crippen LogP contribution in [0.2, 0.25) is 0 Å². The Balaban J connectivity index is 2.03. The molecule has 2 heterocycles. The Morgan fingerprint density at radius 1 is 1.38 bits per heavy atom. The number of carbonyl (C=O) groups is 3. The standard InChI is InChI=1S/C15H19ClN4O4/c1-4-24-14(23)20-11(17-12(21)8-5-6-8)9-7-19(13(16)22)15(2,3)10(9)18-20/h8H,4-7H2,1-3H3,(H,17,21). The zero-order chi connectivity index (χ0) is 17.6. The summed E-state index contributed by atoms with van der Waals surface area (Å²) >= 11 is 5.66. The molecule has 0 unspecified atom stereocenters. The summed E-state index contributed by atoms with van der Waals surface area (Å²) in [4.78, 5) is 37.5. The molecule has 0 atom stereocenters. The molecule has 1 aromatic rings. The molecular weight excluding hydrogens is 336 g/mol. The number of ether oxygens (including phenoxy) is 1. The molecule has 3 rings (SSSR count). The lowest BCUT2D eigenvalue weighted by atomic mass is 10.0. The van der Waals surface area contributed by atoms with Gasteiger partial charge in [-0.25, -0.2) is 4.79 Å². The number of amides is 2. The van der Waals surface area contributed by atoms with Gasteiger partial charge in [0, 0.05) is 11.5 Å². The van der Waals surface area contributed by atoms with Gasteiger partial charge < -0.3 is 15.0 Å². The van der Waals surface area contributed by atoms with Crippen LogP contribution in [0.3, 0.4) is 0 Å². The van der Waals surface area contributed by atoms with E-state index in [2.05, 4.69) is 10.4 Å². The molecule has 2 aliphatic rings. The van der Waals surface area contributed by atoms with Gasteiger partial charge in [-0.15, -0.1) is 4.68 Å². The molecule has 24 heavy (non-hydrogen) atoms. The molecule has 1 saturated carbocycles. The SMILES string of the molecule is CCOC(=O)n1nc2c(c1NC(=O)C1CC1)CN(C(=O)Cl)C2(C)C. The molecule has 0 bridgehead atoms. The van der Waals surface area contributed by atoms with Gasteiger partial charge in [0.1, 0.15) is 5.82 Å². The fourth-order valence-corrected chi connectivity index (χ4v) is 3.14. The molecule has 0 spiro atoms. The van der Waals surface area contributed by atoms with Gasteiger partial charge in [0.05, 0.1) is 24.4 Å². The highest BCUT2D eigenvalue weighted by Gasteiger charge is 2.46. The first-order valence-electron chi connectivity index (χ1n) is 7.84. The molecule has 1 fully saturated rings. The third-order valence-corrected chi connectivity index (χ3v) is 4.60. The number of rotatable bonds is 3. The Bertz CT molecular complexity index is 723. The van der Waals surface area contributed by atoms with Crippen molar-refractivity contribution in [2.24, 2.45) is 5.92 Å². The Hall–Kier alpha value is -2.09.